The molecule has 0 saturated heterocycles. The number of hydrogen-bond acceptors (Lipinski definition) is 3. The van der Waals surface area contributed by atoms with Gasteiger partial charge in [0.05, 0.1) is 17.9 Å². The van der Waals surface area contributed by atoms with E-state index in [9.17, 15) is 4.79 Å². The summed E-state index contributed by atoms with van der Waals surface area (Å²) in [4.78, 5) is 12.0. The zero-order valence-corrected chi connectivity index (χ0v) is 12.1. The van der Waals surface area contributed by atoms with Gasteiger partial charge in [0.25, 0.3) is 5.91 Å². The van der Waals surface area contributed by atoms with E-state index in [0.29, 0.717) is 5.56 Å². The number of amides is 1. The maximum atomic E-state index is 12.0. The molecule has 1 aromatic heterocycles. The summed E-state index contributed by atoms with van der Waals surface area (Å²) in [6.45, 7) is 1.71. The quantitative estimate of drug-likeness (QED) is 0.857. The standard InChI is InChI=1S/C16H14ClNO3/c1-11(18-16(20)14-8-10-21-15(14)17)13-6-4-12(5-7-13)3-2-9-19/h4-8,10-11,19H,9H2,1H3,(H,18,20). The van der Waals surface area contributed by atoms with Crippen molar-refractivity contribution in [3.8, 4) is 11.8 Å². The highest BCUT2D eigenvalue weighted by molar-refractivity contribution is 6.32. The average Bonchev–Trinajstić information content (AvgIpc) is 2.91. The summed E-state index contributed by atoms with van der Waals surface area (Å²) in [7, 11) is 0. The van der Waals surface area contributed by atoms with Crippen molar-refractivity contribution in [2.75, 3.05) is 6.61 Å². The Kier molecular flexibility index (Phi) is 5.04. The summed E-state index contributed by atoms with van der Waals surface area (Å²) in [6, 6.07) is 8.78. The Hall–Kier alpha value is -2.22. The van der Waals surface area contributed by atoms with Crippen LogP contribution >= 0.6 is 11.6 Å². The molecule has 2 aromatic rings. The lowest BCUT2D eigenvalue weighted by Gasteiger charge is -2.13. The second-order valence-electron chi connectivity index (χ2n) is 4.39. The Balaban J connectivity index is 2.05. The molecule has 108 valence electrons. The number of carbonyl (C=O) groups excluding carboxylic acids is 1. The molecule has 4 nitrogen and oxygen atoms in total. The summed E-state index contributed by atoms with van der Waals surface area (Å²) in [5.41, 5.74) is 2.07. The van der Waals surface area contributed by atoms with Gasteiger partial charge in [-0.15, -0.1) is 0 Å². The smallest absolute Gasteiger partial charge is 0.256 e. The normalized spacial score (nSPS) is 11.4. The number of benzene rings is 1. The molecule has 1 heterocycles. The fraction of sp³-hybridized carbons (Fsp3) is 0.188. The van der Waals surface area contributed by atoms with E-state index in [1.807, 2.05) is 31.2 Å². The highest BCUT2D eigenvalue weighted by Gasteiger charge is 2.15. The molecule has 2 rings (SSSR count). The van der Waals surface area contributed by atoms with Crippen molar-refractivity contribution in [2.24, 2.45) is 0 Å². The first-order chi connectivity index (χ1) is 10.1. The maximum Gasteiger partial charge on any atom is 0.256 e. The van der Waals surface area contributed by atoms with Crippen LogP contribution in [0.15, 0.2) is 41.0 Å². The second-order valence-corrected chi connectivity index (χ2v) is 4.73. The van der Waals surface area contributed by atoms with Crippen molar-refractivity contribution >= 4 is 17.5 Å². The third-order valence-corrected chi connectivity index (χ3v) is 3.23. The molecule has 1 atom stereocenters. The third-order valence-electron chi connectivity index (χ3n) is 2.93. The van der Waals surface area contributed by atoms with Gasteiger partial charge in [-0.05, 0) is 42.3 Å². The van der Waals surface area contributed by atoms with Gasteiger partial charge in [-0.3, -0.25) is 4.79 Å². The minimum Gasteiger partial charge on any atom is -0.452 e. The lowest BCUT2D eigenvalue weighted by Crippen LogP contribution is -2.26. The van der Waals surface area contributed by atoms with Gasteiger partial charge in [-0.25, -0.2) is 0 Å². The molecule has 0 spiro atoms. The van der Waals surface area contributed by atoms with Crippen molar-refractivity contribution in [1.82, 2.24) is 5.32 Å². The predicted octanol–water partition coefficient (Wildman–Crippen LogP) is 2.77. The lowest BCUT2D eigenvalue weighted by molar-refractivity contribution is 0.0939. The van der Waals surface area contributed by atoms with Crippen molar-refractivity contribution in [2.45, 2.75) is 13.0 Å². The number of carbonyl (C=O) groups is 1. The number of furan rings is 1. The topological polar surface area (TPSA) is 62.5 Å². The largest absolute Gasteiger partial charge is 0.452 e. The summed E-state index contributed by atoms with van der Waals surface area (Å²) < 4.78 is 4.90. The van der Waals surface area contributed by atoms with Gasteiger partial charge in [0, 0.05) is 5.56 Å². The minimum absolute atomic E-state index is 0.0781. The van der Waals surface area contributed by atoms with Crippen molar-refractivity contribution in [3.63, 3.8) is 0 Å². The van der Waals surface area contributed by atoms with Crippen molar-refractivity contribution in [3.05, 3.63) is 58.5 Å². The summed E-state index contributed by atoms with van der Waals surface area (Å²) in [5.74, 6) is 5.11. The molecule has 1 aromatic carbocycles. The van der Waals surface area contributed by atoms with Crippen molar-refractivity contribution < 1.29 is 14.3 Å². The van der Waals surface area contributed by atoms with Crippen LogP contribution in [0.4, 0.5) is 0 Å². The van der Waals surface area contributed by atoms with E-state index >= 15 is 0 Å². The average molecular weight is 304 g/mol. The first-order valence-corrected chi connectivity index (χ1v) is 6.73. The molecular weight excluding hydrogens is 290 g/mol. The highest BCUT2D eigenvalue weighted by atomic mass is 35.5. The van der Waals surface area contributed by atoms with Crippen LogP contribution < -0.4 is 5.32 Å². The van der Waals surface area contributed by atoms with Gasteiger partial charge in [0.2, 0.25) is 5.22 Å². The summed E-state index contributed by atoms with van der Waals surface area (Å²) >= 11 is 5.77. The number of nitrogens with one attached hydrogen (secondary N) is 1. The predicted molar refractivity (Wildman–Crippen MR) is 80.0 cm³/mol. The van der Waals surface area contributed by atoms with E-state index in [0.717, 1.165) is 11.1 Å². The monoisotopic (exact) mass is 303 g/mol. The zero-order valence-electron chi connectivity index (χ0n) is 11.4. The Morgan fingerprint density at radius 3 is 2.67 bits per heavy atom. The van der Waals surface area contributed by atoms with Crippen LogP contribution in [0.5, 0.6) is 0 Å². The van der Waals surface area contributed by atoms with E-state index in [2.05, 4.69) is 17.2 Å². The third kappa shape index (κ3) is 3.88. The molecule has 0 fully saturated rings. The van der Waals surface area contributed by atoms with Gasteiger partial charge >= 0.3 is 0 Å². The van der Waals surface area contributed by atoms with Crippen LogP contribution in [-0.4, -0.2) is 17.6 Å². The highest BCUT2D eigenvalue weighted by Crippen LogP contribution is 2.19. The number of rotatable bonds is 3. The molecular formula is C16H14ClNO3. The van der Waals surface area contributed by atoms with Crippen molar-refractivity contribution in [1.29, 1.82) is 0 Å². The number of halogens is 1. The van der Waals surface area contributed by atoms with Crippen LogP contribution in [0.3, 0.4) is 0 Å². The molecule has 5 heteroatoms. The van der Waals surface area contributed by atoms with E-state index in [-0.39, 0.29) is 23.8 Å². The minimum atomic E-state index is -0.287. The SMILES string of the molecule is CC(NC(=O)c1ccoc1Cl)c1ccc(C#CCO)cc1. The lowest BCUT2D eigenvalue weighted by atomic mass is 10.1. The van der Waals surface area contributed by atoms with E-state index < -0.39 is 0 Å². The Morgan fingerprint density at radius 2 is 2.10 bits per heavy atom. The number of aliphatic hydroxyl groups excluding tert-OH is 1. The fourth-order valence-corrected chi connectivity index (χ4v) is 2.01. The molecule has 0 saturated carbocycles. The molecule has 21 heavy (non-hydrogen) atoms. The number of hydrogen-bond donors (Lipinski definition) is 2. The molecule has 0 aliphatic rings. The fourth-order valence-electron chi connectivity index (χ4n) is 1.81. The van der Waals surface area contributed by atoms with Crippen LogP contribution in [0.25, 0.3) is 0 Å². The Morgan fingerprint density at radius 1 is 1.38 bits per heavy atom. The Labute approximate surface area is 127 Å². The van der Waals surface area contributed by atoms with Crippen LogP contribution in [0.2, 0.25) is 5.22 Å². The van der Waals surface area contributed by atoms with Gasteiger partial charge in [0.15, 0.2) is 0 Å². The first-order valence-electron chi connectivity index (χ1n) is 6.35. The summed E-state index contributed by atoms with van der Waals surface area (Å²) in [6.07, 6.45) is 1.37. The zero-order chi connectivity index (χ0) is 15.2. The van der Waals surface area contributed by atoms with Crippen LogP contribution in [0.1, 0.15) is 34.5 Å². The van der Waals surface area contributed by atoms with Gasteiger partial charge < -0.3 is 14.8 Å². The van der Waals surface area contributed by atoms with Crippen LogP contribution in [0, 0.1) is 11.8 Å². The number of aliphatic hydroxyl groups is 1. The molecule has 0 aliphatic heterocycles. The Bertz CT molecular complexity index is 680. The van der Waals surface area contributed by atoms with E-state index in [1.54, 1.807) is 0 Å². The van der Waals surface area contributed by atoms with Crippen LogP contribution in [-0.2, 0) is 0 Å². The maximum absolute atomic E-state index is 12.0. The van der Waals surface area contributed by atoms with E-state index in [1.165, 1.54) is 12.3 Å². The molecule has 2 N–H and O–H groups in total. The van der Waals surface area contributed by atoms with E-state index in [4.69, 9.17) is 21.1 Å². The van der Waals surface area contributed by atoms with Gasteiger partial charge in [-0.2, -0.15) is 0 Å². The molecule has 1 amide bonds. The molecule has 0 radical (unpaired) electrons. The van der Waals surface area contributed by atoms with Gasteiger partial charge in [-0.1, -0.05) is 24.0 Å². The molecule has 0 aliphatic carbocycles. The molecule has 0 bridgehead atoms. The van der Waals surface area contributed by atoms with Gasteiger partial charge in [0.1, 0.15) is 6.61 Å². The first kappa shape index (κ1) is 15.2. The molecule has 1 unspecified atom stereocenters. The second kappa shape index (κ2) is 6.98. The summed E-state index contributed by atoms with van der Waals surface area (Å²) in [5, 5.41) is 11.6.